The zero-order valence-corrected chi connectivity index (χ0v) is 17.7. The van der Waals surface area contributed by atoms with E-state index in [0.29, 0.717) is 6.42 Å². The van der Waals surface area contributed by atoms with Crippen LogP contribution in [0.4, 0.5) is 0 Å². The highest BCUT2D eigenvalue weighted by molar-refractivity contribution is 5.78. The third-order valence-electron chi connectivity index (χ3n) is 6.00. The van der Waals surface area contributed by atoms with Crippen molar-refractivity contribution in [3.8, 4) is 11.1 Å². The average molecular weight is 420 g/mol. The molecule has 1 saturated heterocycles. The van der Waals surface area contributed by atoms with E-state index >= 15 is 0 Å². The summed E-state index contributed by atoms with van der Waals surface area (Å²) in [5, 5.41) is 3.59. The summed E-state index contributed by atoms with van der Waals surface area (Å²) in [5.74, 6) is -0.210. The molecule has 3 nitrogen and oxygen atoms in total. The number of nitrogens with one attached hydrogen (secondary N) is 1. The third-order valence-corrected chi connectivity index (χ3v) is 6.00. The number of cyclic esters (lactones) is 1. The largest absolute Gasteiger partial charge is 0.454 e. The van der Waals surface area contributed by atoms with Crippen molar-refractivity contribution < 1.29 is 9.53 Å². The molecule has 0 aromatic heterocycles. The van der Waals surface area contributed by atoms with Gasteiger partial charge in [0, 0.05) is 0 Å². The van der Waals surface area contributed by atoms with Crippen LogP contribution in [0.5, 0.6) is 0 Å². The van der Waals surface area contributed by atoms with E-state index in [-0.39, 0.29) is 18.1 Å². The van der Waals surface area contributed by atoms with Gasteiger partial charge in [0.15, 0.2) is 0 Å². The van der Waals surface area contributed by atoms with E-state index in [9.17, 15) is 4.79 Å². The summed E-state index contributed by atoms with van der Waals surface area (Å²) >= 11 is 0. The minimum atomic E-state index is -0.400. The Bertz CT molecular complexity index is 1160. The molecule has 1 aliphatic rings. The van der Waals surface area contributed by atoms with E-state index in [1.165, 1.54) is 11.1 Å². The topological polar surface area (TPSA) is 38.3 Å². The van der Waals surface area contributed by atoms with Gasteiger partial charge in [-0.15, -0.1) is 0 Å². The molecule has 4 aromatic rings. The molecule has 1 heterocycles. The summed E-state index contributed by atoms with van der Waals surface area (Å²) in [6.07, 6.45) is 0.224. The fourth-order valence-electron chi connectivity index (χ4n) is 4.32. The van der Waals surface area contributed by atoms with Crippen LogP contribution >= 0.6 is 0 Å². The summed E-state index contributed by atoms with van der Waals surface area (Å²) in [6, 6.07) is 38.4. The molecular weight excluding hydrogens is 394 g/mol. The molecule has 4 aromatic carbocycles. The van der Waals surface area contributed by atoms with Gasteiger partial charge in [-0.2, -0.15) is 0 Å². The van der Waals surface area contributed by atoms with Crippen molar-refractivity contribution in [1.82, 2.24) is 5.32 Å². The smallest absolute Gasteiger partial charge is 0.324 e. The fraction of sp³-hybridized carbons (Fsp3) is 0.138. The predicted molar refractivity (Wildman–Crippen MR) is 127 cm³/mol. The van der Waals surface area contributed by atoms with Gasteiger partial charge in [0.05, 0.1) is 6.04 Å². The van der Waals surface area contributed by atoms with Crippen molar-refractivity contribution in [2.45, 2.75) is 24.6 Å². The first-order valence-corrected chi connectivity index (χ1v) is 11.0. The molecule has 1 N–H and O–H groups in total. The maximum atomic E-state index is 13.0. The number of morpholine rings is 1. The minimum absolute atomic E-state index is 0.107. The van der Waals surface area contributed by atoms with Crippen molar-refractivity contribution in [2.75, 3.05) is 0 Å². The summed E-state index contributed by atoms with van der Waals surface area (Å²) in [5.41, 5.74) is 5.55. The Balaban J connectivity index is 1.38. The van der Waals surface area contributed by atoms with Gasteiger partial charge in [0.1, 0.15) is 12.1 Å². The van der Waals surface area contributed by atoms with Crippen LogP contribution in [-0.4, -0.2) is 12.0 Å². The van der Waals surface area contributed by atoms with Gasteiger partial charge in [-0.1, -0.05) is 115 Å². The lowest BCUT2D eigenvalue weighted by Crippen LogP contribution is -2.49. The second-order valence-corrected chi connectivity index (χ2v) is 8.14. The van der Waals surface area contributed by atoms with Crippen molar-refractivity contribution in [3.05, 3.63) is 132 Å². The Morgan fingerprint density at radius 3 is 1.78 bits per heavy atom. The van der Waals surface area contributed by atoms with E-state index in [0.717, 1.165) is 16.7 Å². The predicted octanol–water partition coefficient (Wildman–Crippen LogP) is 5.89. The normalized spacial score (nSPS) is 20.5. The molecule has 3 heteroatoms. The summed E-state index contributed by atoms with van der Waals surface area (Å²) in [6.45, 7) is 0. The van der Waals surface area contributed by atoms with Crippen LogP contribution in [0.15, 0.2) is 115 Å². The molecule has 5 rings (SSSR count). The quantitative estimate of drug-likeness (QED) is 0.410. The first-order valence-electron chi connectivity index (χ1n) is 11.0. The van der Waals surface area contributed by atoms with Crippen LogP contribution in [-0.2, 0) is 16.0 Å². The minimum Gasteiger partial charge on any atom is -0.454 e. The van der Waals surface area contributed by atoms with Crippen LogP contribution in [0.2, 0.25) is 0 Å². The van der Waals surface area contributed by atoms with E-state index in [1.807, 2.05) is 66.7 Å². The first kappa shape index (κ1) is 20.2. The Morgan fingerprint density at radius 2 is 1.16 bits per heavy atom. The Hall–Kier alpha value is -3.69. The first-order chi connectivity index (χ1) is 15.8. The van der Waals surface area contributed by atoms with Crippen LogP contribution in [0.3, 0.4) is 0 Å². The molecule has 0 bridgehead atoms. The highest BCUT2D eigenvalue weighted by atomic mass is 16.5. The van der Waals surface area contributed by atoms with E-state index in [4.69, 9.17) is 4.74 Å². The number of ether oxygens (including phenoxy) is 1. The second-order valence-electron chi connectivity index (χ2n) is 8.14. The molecule has 3 atom stereocenters. The maximum absolute atomic E-state index is 13.0. The van der Waals surface area contributed by atoms with E-state index in [2.05, 4.69) is 53.8 Å². The molecule has 0 spiro atoms. The Labute approximate surface area is 188 Å². The monoisotopic (exact) mass is 419 g/mol. The molecule has 0 amide bonds. The van der Waals surface area contributed by atoms with Gasteiger partial charge in [0.2, 0.25) is 0 Å². The average Bonchev–Trinajstić information content (AvgIpc) is 2.87. The van der Waals surface area contributed by atoms with E-state index in [1.54, 1.807) is 0 Å². The number of rotatable bonds is 5. The second kappa shape index (κ2) is 9.21. The zero-order valence-electron chi connectivity index (χ0n) is 17.7. The van der Waals surface area contributed by atoms with Gasteiger partial charge in [0.25, 0.3) is 0 Å². The number of esters is 1. The third kappa shape index (κ3) is 4.34. The zero-order chi connectivity index (χ0) is 21.8. The molecule has 1 aliphatic heterocycles. The SMILES string of the molecule is O=C1OC(c2ccccc2)C(c2ccccc2)N[C@H]1Cc1ccc(-c2ccccc2)cc1. The Morgan fingerprint density at radius 1 is 0.625 bits per heavy atom. The number of hydrogen-bond donors (Lipinski definition) is 1. The standard InChI is InChI=1S/C29H25NO2/c31-29-26(20-21-16-18-23(19-17-21)22-10-4-1-5-11-22)30-27(24-12-6-2-7-13-24)28(32-29)25-14-8-3-9-15-25/h1-19,26-28,30H,20H2/t26-,27?,28?/m0/s1. The molecule has 2 unspecified atom stereocenters. The van der Waals surface area contributed by atoms with Crippen molar-refractivity contribution >= 4 is 5.97 Å². The summed E-state index contributed by atoms with van der Waals surface area (Å²) in [7, 11) is 0. The number of carbonyl (C=O) groups excluding carboxylic acids is 1. The van der Waals surface area contributed by atoms with Crippen LogP contribution < -0.4 is 5.32 Å². The van der Waals surface area contributed by atoms with Gasteiger partial charge in [-0.25, -0.2) is 0 Å². The fourth-order valence-corrected chi connectivity index (χ4v) is 4.32. The van der Waals surface area contributed by atoms with Gasteiger partial charge < -0.3 is 4.74 Å². The van der Waals surface area contributed by atoms with Crippen molar-refractivity contribution in [3.63, 3.8) is 0 Å². The lowest BCUT2D eigenvalue weighted by atomic mass is 9.91. The highest BCUT2D eigenvalue weighted by Crippen LogP contribution is 2.36. The lowest BCUT2D eigenvalue weighted by molar-refractivity contribution is -0.160. The van der Waals surface area contributed by atoms with E-state index < -0.39 is 6.04 Å². The van der Waals surface area contributed by atoms with Crippen LogP contribution in [0.25, 0.3) is 11.1 Å². The Kier molecular flexibility index (Phi) is 5.82. The van der Waals surface area contributed by atoms with Gasteiger partial charge in [-0.05, 0) is 34.2 Å². The molecule has 0 saturated carbocycles. The number of benzene rings is 4. The highest BCUT2D eigenvalue weighted by Gasteiger charge is 2.38. The molecule has 0 radical (unpaired) electrons. The van der Waals surface area contributed by atoms with Crippen molar-refractivity contribution in [2.24, 2.45) is 0 Å². The maximum Gasteiger partial charge on any atom is 0.324 e. The number of hydrogen-bond acceptors (Lipinski definition) is 3. The number of carbonyl (C=O) groups is 1. The van der Waals surface area contributed by atoms with Gasteiger partial charge in [-0.3, -0.25) is 10.1 Å². The van der Waals surface area contributed by atoms with Gasteiger partial charge >= 0.3 is 5.97 Å². The summed E-state index contributed by atoms with van der Waals surface area (Å²) in [4.78, 5) is 13.0. The van der Waals surface area contributed by atoms with Crippen LogP contribution in [0, 0.1) is 0 Å². The lowest BCUT2D eigenvalue weighted by Gasteiger charge is -2.37. The molecule has 0 aliphatic carbocycles. The molecule has 1 fully saturated rings. The molecular formula is C29H25NO2. The molecule has 158 valence electrons. The molecule has 32 heavy (non-hydrogen) atoms. The summed E-state index contributed by atoms with van der Waals surface area (Å²) < 4.78 is 6.02. The van der Waals surface area contributed by atoms with Crippen LogP contribution in [0.1, 0.15) is 28.8 Å². The van der Waals surface area contributed by atoms with Crippen molar-refractivity contribution in [1.29, 1.82) is 0 Å².